The Morgan fingerprint density at radius 2 is 2.00 bits per heavy atom. The molecule has 1 aliphatic carbocycles. The Hall–Kier alpha value is -2.43. The highest BCUT2D eigenvalue weighted by Gasteiger charge is 2.23. The maximum Gasteiger partial charge on any atom is 0.329 e. The van der Waals surface area contributed by atoms with Crippen molar-refractivity contribution in [3.8, 4) is 0 Å². The van der Waals surface area contributed by atoms with Crippen molar-refractivity contribution in [3.05, 3.63) is 26.4 Å². The molecule has 1 saturated carbocycles. The van der Waals surface area contributed by atoms with Gasteiger partial charge in [0, 0.05) is 6.54 Å². The highest BCUT2D eigenvalue weighted by Crippen LogP contribution is 2.30. The molecular weight excluding hydrogens is 382 g/mol. The summed E-state index contributed by atoms with van der Waals surface area (Å²) in [6.07, 6.45) is 5.51. The number of nitrogen functional groups attached to an aromatic ring is 1. The van der Waals surface area contributed by atoms with E-state index in [1.54, 1.807) is 4.68 Å². The van der Waals surface area contributed by atoms with E-state index in [1.165, 1.54) is 22.7 Å². The summed E-state index contributed by atoms with van der Waals surface area (Å²) in [5, 5.41) is 12.4. The topological polar surface area (TPSA) is 142 Å². The first-order valence-corrected chi connectivity index (χ1v) is 10.4. The van der Waals surface area contributed by atoms with Crippen LogP contribution in [0.5, 0.6) is 0 Å². The molecule has 3 rings (SSSR count). The molecular formula is C17H25N7O3S. The van der Waals surface area contributed by atoms with Crippen LogP contribution in [0.25, 0.3) is 0 Å². The van der Waals surface area contributed by atoms with Gasteiger partial charge in [-0.1, -0.05) is 44.9 Å². The monoisotopic (exact) mass is 407 g/mol. The summed E-state index contributed by atoms with van der Waals surface area (Å²) in [7, 11) is 0. The lowest BCUT2D eigenvalue weighted by Crippen LogP contribution is -2.37. The van der Waals surface area contributed by atoms with Crippen molar-refractivity contribution >= 4 is 23.4 Å². The first kappa shape index (κ1) is 20.3. The molecule has 152 valence electrons. The number of aromatic nitrogens is 6. The highest BCUT2D eigenvalue weighted by molar-refractivity contribution is 7.99. The highest BCUT2D eigenvalue weighted by atomic mass is 32.2. The van der Waals surface area contributed by atoms with Crippen LogP contribution in [0.3, 0.4) is 0 Å². The lowest BCUT2D eigenvalue weighted by molar-refractivity contribution is 0.102. The molecule has 2 aromatic rings. The number of tetrazole rings is 1. The van der Waals surface area contributed by atoms with E-state index >= 15 is 0 Å². The van der Waals surface area contributed by atoms with Crippen LogP contribution in [0.15, 0.2) is 14.7 Å². The van der Waals surface area contributed by atoms with Gasteiger partial charge >= 0.3 is 5.69 Å². The van der Waals surface area contributed by atoms with E-state index in [9.17, 15) is 14.4 Å². The molecule has 28 heavy (non-hydrogen) atoms. The number of hydrogen-bond acceptors (Lipinski definition) is 8. The average molecular weight is 408 g/mol. The zero-order valence-electron chi connectivity index (χ0n) is 16.1. The molecule has 0 saturated heterocycles. The third-order valence-electron chi connectivity index (χ3n) is 4.78. The van der Waals surface area contributed by atoms with E-state index in [-0.39, 0.29) is 29.1 Å². The van der Waals surface area contributed by atoms with E-state index in [1.807, 2.05) is 13.8 Å². The van der Waals surface area contributed by atoms with E-state index in [2.05, 4.69) is 20.5 Å². The van der Waals surface area contributed by atoms with Crippen molar-refractivity contribution in [2.75, 3.05) is 11.5 Å². The molecule has 0 atom stereocenters. The number of nitrogens with one attached hydrogen (secondary N) is 1. The molecule has 0 radical (unpaired) electrons. The van der Waals surface area contributed by atoms with Crippen molar-refractivity contribution in [2.24, 2.45) is 5.92 Å². The van der Waals surface area contributed by atoms with Crippen molar-refractivity contribution in [1.29, 1.82) is 0 Å². The van der Waals surface area contributed by atoms with Gasteiger partial charge in [-0.05, 0) is 29.2 Å². The molecule has 0 amide bonds. The normalized spacial score (nSPS) is 15.2. The number of hydrogen-bond donors (Lipinski definition) is 2. The smallest absolute Gasteiger partial charge is 0.329 e. The van der Waals surface area contributed by atoms with Crippen LogP contribution < -0.4 is 17.0 Å². The summed E-state index contributed by atoms with van der Waals surface area (Å²) in [5.41, 5.74) is 4.43. The van der Waals surface area contributed by atoms with Gasteiger partial charge in [-0.2, -0.15) is 0 Å². The molecule has 10 nitrogen and oxygen atoms in total. The van der Waals surface area contributed by atoms with E-state index in [0.717, 1.165) is 25.7 Å². The number of carbonyl (C=O) groups is 1. The largest absolute Gasteiger partial charge is 0.384 e. The fourth-order valence-corrected chi connectivity index (χ4v) is 4.26. The quantitative estimate of drug-likeness (QED) is 0.516. The maximum absolute atomic E-state index is 12.7. The van der Waals surface area contributed by atoms with Crippen molar-refractivity contribution < 1.29 is 4.79 Å². The van der Waals surface area contributed by atoms with Gasteiger partial charge in [-0.3, -0.25) is 19.1 Å². The molecule has 0 spiro atoms. The van der Waals surface area contributed by atoms with Crippen LogP contribution in [0.4, 0.5) is 5.82 Å². The Morgan fingerprint density at radius 1 is 1.29 bits per heavy atom. The summed E-state index contributed by atoms with van der Waals surface area (Å²) >= 11 is 1.17. The third-order valence-corrected chi connectivity index (χ3v) is 5.72. The number of H-pyrrole nitrogens is 1. The molecule has 1 fully saturated rings. The van der Waals surface area contributed by atoms with Crippen LogP contribution in [0.1, 0.15) is 62.4 Å². The van der Waals surface area contributed by atoms with E-state index < -0.39 is 17.0 Å². The molecule has 3 N–H and O–H groups in total. The van der Waals surface area contributed by atoms with Gasteiger partial charge < -0.3 is 5.73 Å². The minimum absolute atomic E-state index is 0.0414. The predicted octanol–water partition coefficient (Wildman–Crippen LogP) is 1.24. The minimum Gasteiger partial charge on any atom is -0.384 e. The van der Waals surface area contributed by atoms with Gasteiger partial charge in [0.15, 0.2) is 5.78 Å². The van der Waals surface area contributed by atoms with Gasteiger partial charge in [0.25, 0.3) is 5.56 Å². The van der Waals surface area contributed by atoms with Crippen molar-refractivity contribution in [1.82, 2.24) is 29.8 Å². The van der Waals surface area contributed by atoms with Crippen molar-refractivity contribution in [2.45, 2.75) is 63.7 Å². The lowest BCUT2D eigenvalue weighted by Gasteiger charge is -2.21. The van der Waals surface area contributed by atoms with Crippen LogP contribution >= 0.6 is 11.8 Å². The Labute approximate surface area is 165 Å². The molecule has 11 heteroatoms. The fraction of sp³-hybridized carbons (Fsp3) is 0.647. The number of anilines is 1. The number of aromatic amines is 1. The Bertz CT molecular complexity index is 956. The Balaban J connectivity index is 1.78. The first-order chi connectivity index (χ1) is 13.4. The zero-order chi connectivity index (χ0) is 20.3. The lowest BCUT2D eigenvalue weighted by atomic mass is 9.96. The van der Waals surface area contributed by atoms with Gasteiger partial charge in [-0.25, -0.2) is 9.48 Å². The predicted molar refractivity (Wildman–Crippen MR) is 106 cm³/mol. The SMILES string of the molecule is CC(C)Cn1c(N)c(C(=O)CSc2nnnn2C2CCCCC2)c(=O)[nH]c1=O. The summed E-state index contributed by atoms with van der Waals surface area (Å²) in [5.74, 6) is -0.469. The molecule has 1 aliphatic rings. The molecule has 2 aromatic heterocycles. The van der Waals surface area contributed by atoms with Crippen molar-refractivity contribution in [3.63, 3.8) is 0 Å². The fourth-order valence-electron chi connectivity index (χ4n) is 3.44. The van der Waals surface area contributed by atoms with Gasteiger partial charge in [-0.15, -0.1) is 5.10 Å². The van der Waals surface area contributed by atoms with Crippen LogP contribution in [-0.4, -0.2) is 41.3 Å². The maximum atomic E-state index is 12.7. The number of nitrogens with two attached hydrogens (primary N) is 1. The van der Waals surface area contributed by atoms with E-state index in [4.69, 9.17) is 5.73 Å². The summed E-state index contributed by atoms with van der Waals surface area (Å²) in [6.45, 7) is 4.15. The Morgan fingerprint density at radius 3 is 2.68 bits per heavy atom. The summed E-state index contributed by atoms with van der Waals surface area (Å²) < 4.78 is 3.00. The van der Waals surface area contributed by atoms with E-state index in [0.29, 0.717) is 11.7 Å². The molecule has 0 unspecified atom stereocenters. The number of Topliss-reactive ketones (excluding diaryl/α,β-unsaturated/α-hetero) is 1. The van der Waals surface area contributed by atoms with Gasteiger partial charge in [0.2, 0.25) is 5.16 Å². The standard InChI is InChI=1S/C17H25N7O3S/c1-10(2)8-23-14(18)13(15(26)19-16(23)27)12(25)9-28-17-20-21-22-24(17)11-6-4-3-5-7-11/h10-11H,3-9,18H2,1-2H3,(H,19,26,27). The van der Waals surface area contributed by atoms with Crippen LogP contribution in [-0.2, 0) is 6.54 Å². The number of carbonyl (C=O) groups excluding carboxylic acids is 1. The van der Waals surface area contributed by atoms with Crippen LogP contribution in [0.2, 0.25) is 0 Å². The zero-order valence-corrected chi connectivity index (χ0v) is 16.9. The van der Waals surface area contributed by atoms with Crippen LogP contribution in [0, 0.1) is 5.92 Å². The molecule has 0 aromatic carbocycles. The molecule has 0 bridgehead atoms. The Kier molecular flexibility index (Phi) is 6.32. The number of nitrogens with zero attached hydrogens (tertiary/aromatic N) is 5. The molecule has 0 aliphatic heterocycles. The number of ketones is 1. The summed E-state index contributed by atoms with van der Waals surface area (Å²) in [6, 6.07) is 0.239. The second-order valence-electron chi connectivity index (χ2n) is 7.43. The van der Waals surface area contributed by atoms with Gasteiger partial charge in [0.1, 0.15) is 11.4 Å². The average Bonchev–Trinajstić information content (AvgIpc) is 3.12. The summed E-state index contributed by atoms with van der Waals surface area (Å²) in [4.78, 5) is 39.1. The number of thioether (sulfide) groups is 1. The second kappa shape index (κ2) is 8.72. The first-order valence-electron chi connectivity index (χ1n) is 9.45. The van der Waals surface area contributed by atoms with Gasteiger partial charge in [0.05, 0.1) is 11.8 Å². The molecule has 2 heterocycles. The third kappa shape index (κ3) is 4.34. The minimum atomic E-state index is -0.764. The number of rotatable bonds is 7. The second-order valence-corrected chi connectivity index (χ2v) is 8.38.